The summed E-state index contributed by atoms with van der Waals surface area (Å²) < 4.78 is 7.28. The Morgan fingerprint density at radius 2 is 2.43 bits per heavy atom. The van der Waals surface area contributed by atoms with Crippen LogP contribution in [-0.2, 0) is 4.74 Å². The van der Waals surface area contributed by atoms with E-state index in [0.717, 1.165) is 4.60 Å². The van der Waals surface area contributed by atoms with Gasteiger partial charge in [-0.2, -0.15) is 0 Å². The molecule has 14 heavy (non-hydrogen) atoms. The van der Waals surface area contributed by atoms with Crippen LogP contribution in [0.3, 0.4) is 0 Å². The highest BCUT2D eigenvalue weighted by molar-refractivity contribution is 9.10. The number of nitrogens with zero attached hydrogens (tertiary/aromatic N) is 2. The van der Waals surface area contributed by atoms with Crippen LogP contribution >= 0.6 is 15.9 Å². The second-order valence-electron chi connectivity index (χ2n) is 2.72. The van der Waals surface area contributed by atoms with Gasteiger partial charge in [-0.25, -0.2) is 9.78 Å². The minimum absolute atomic E-state index is 0.355. The van der Waals surface area contributed by atoms with Gasteiger partial charge in [0.25, 0.3) is 0 Å². The summed E-state index contributed by atoms with van der Waals surface area (Å²) >= 11 is 3.33. The van der Waals surface area contributed by atoms with Gasteiger partial charge in [0.05, 0.1) is 18.9 Å². The van der Waals surface area contributed by atoms with Gasteiger partial charge in [-0.05, 0) is 28.1 Å². The van der Waals surface area contributed by atoms with Gasteiger partial charge in [0.15, 0.2) is 0 Å². The molecular weight excluding hydrogens is 248 g/mol. The van der Waals surface area contributed by atoms with Crippen molar-refractivity contribution >= 4 is 27.5 Å². The van der Waals surface area contributed by atoms with Crippen molar-refractivity contribution in [3.63, 3.8) is 0 Å². The molecule has 2 aromatic heterocycles. The van der Waals surface area contributed by atoms with E-state index in [1.165, 1.54) is 7.11 Å². The molecule has 2 aromatic rings. The fraction of sp³-hybridized carbons (Fsp3) is 0.111. The monoisotopic (exact) mass is 254 g/mol. The van der Waals surface area contributed by atoms with Crippen LogP contribution in [0.5, 0.6) is 0 Å². The van der Waals surface area contributed by atoms with E-state index in [0.29, 0.717) is 11.2 Å². The largest absolute Gasteiger partial charge is 0.465 e. The zero-order valence-electron chi connectivity index (χ0n) is 7.40. The Morgan fingerprint density at radius 1 is 1.64 bits per heavy atom. The number of hydrogen-bond donors (Lipinski definition) is 0. The summed E-state index contributed by atoms with van der Waals surface area (Å²) in [6, 6.07) is 3.36. The van der Waals surface area contributed by atoms with E-state index in [1.54, 1.807) is 24.5 Å². The quantitative estimate of drug-likeness (QED) is 0.731. The molecule has 0 aliphatic rings. The van der Waals surface area contributed by atoms with E-state index in [9.17, 15) is 4.79 Å². The Morgan fingerprint density at radius 3 is 3.14 bits per heavy atom. The average Bonchev–Trinajstić information content (AvgIpc) is 2.59. The number of esters is 1. The van der Waals surface area contributed by atoms with Crippen LogP contribution in [-0.4, -0.2) is 22.5 Å². The standard InChI is InChI=1S/C9H7BrN2O2/c1-14-9(13)6-2-3-12-7(10)5-11-8(12)4-6/h2-5H,1H3. The molecule has 0 aliphatic heterocycles. The van der Waals surface area contributed by atoms with Crippen molar-refractivity contribution in [3.05, 3.63) is 34.7 Å². The Kier molecular flexibility index (Phi) is 2.25. The molecule has 0 saturated heterocycles. The number of aromatic nitrogens is 2. The van der Waals surface area contributed by atoms with Crippen LogP contribution in [0, 0.1) is 0 Å². The number of fused-ring (bicyclic) bond motifs is 1. The van der Waals surface area contributed by atoms with Crippen molar-refractivity contribution in [2.75, 3.05) is 7.11 Å². The third-order valence-corrected chi connectivity index (χ3v) is 2.48. The maximum Gasteiger partial charge on any atom is 0.338 e. The fourth-order valence-corrected chi connectivity index (χ4v) is 1.60. The number of imidazole rings is 1. The molecule has 0 saturated carbocycles. The first kappa shape index (κ1) is 9.21. The second-order valence-corrected chi connectivity index (χ2v) is 3.53. The number of pyridine rings is 1. The molecule has 0 fully saturated rings. The third-order valence-electron chi connectivity index (χ3n) is 1.89. The molecule has 5 heteroatoms. The van der Waals surface area contributed by atoms with Crippen molar-refractivity contribution in [3.8, 4) is 0 Å². The van der Waals surface area contributed by atoms with Crippen LogP contribution in [0.2, 0.25) is 0 Å². The van der Waals surface area contributed by atoms with Gasteiger partial charge in [0, 0.05) is 6.20 Å². The summed E-state index contributed by atoms with van der Waals surface area (Å²) in [6.45, 7) is 0. The maximum absolute atomic E-state index is 11.2. The van der Waals surface area contributed by atoms with Crippen LogP contribution in [0.25, 0.3) is 5.65 Å². The molecule has 0 aliphatic carbocycles. The molecule has 72 valence electrons. The van der Waals surface area contributed by atoms with E-state index >= 15 is 0 Å². The number of hydrogen-bond acceptors (Lipinski definition) is 3. The zero-order valence-corrected chi connectivity index (χ0v) is 8.98. The molecule has 0 radical (unpaired) electrons. The highest BCUT2D eigenvalue weighted by atomic mass is 79.9. The molecule has 2 heterocycles. The first-order valence-corrected chi connectivity index (χ1v) is 4.72. The van der Waals surface area contributed by atoms with Crippen molar-refractivity contribution < 1.29 is 9.53 Å². The van der Waals surface area contributed by atoms with Crippen molar-refractivity contribution in [2.45, 2.75) is 0 Å². The Labute approximate surface area is 88.6 Å². The number of rotatable bonds is 1. The highest BCUT2D eigenvalue weighted by Crippen LogP contribution is 2.14. The SMILES string of the molecule is COC(=O)c1ccn2c(Br)cnc2c1. The molecule has 0 bridgehead atoms. The zero-order chi connectivity index (χ0) is 10.1. The molecule has 0 unspecified atom stereocenters. The molecule has 2 rings (SSSR count). The van der Waals surface area contributed by atoms with Gasteiger partial charge in [-0.3, -0.25) is 4.40 Å². The van der Waals surface area contributed by atoms with Crippen molar-refractivity contribution in [1.82, 2.24) is 9.38 Å². The van der Waals surface area contributed by atoms with E-state index in [1.807, 2.05) is 4.40 Å². The van der Waals surface area contributed by atoms with Gasteiger partial charge < -0.3 is 4.74 Å². The van der Waals surface area contributed by atoms with Gasteiger partial charge in [-0.15, -0.1) is 0 Å². The number of carbonyl (C=O) groups excluding carboxylic acids is 1. The van der Waals surface area contributed by atoms with E-state index in [4.69, 9.17) is 0 Å². The lowest BCUT2D eigenvalue weighted by Crippen LogP contribution is -2.01. The normalized spacial score (nSPS) is 10.4. The summed E-state index contributed by atoms with van der Waals surface area (Å²) in [5, 5.41) is 0. The summed E-state index contributed by atoms with van der Waals surface area (Å²) in [4.78, 5) is 15.3. The Bertz CT molecular complexity index is 493. The van der Waals surface area contributed by atoms with Gasteiger partial charge in [0.1, 0.15) is 10.3 Å². The molecule has 0 aromatic carbocycles. The summed E-state index contributed by atoms with van der Waals surface area (Å²) in [7, 11) is 1.36. The van der Waals surface area contributed by atoms with Gasteiger partial charge >= 0.3 is 5.97 Å². The van der Waals surface area contributed by atoms with E-state index < -0.39 is 0 Å². The molecule has 0 atom stereocenters. The molecule has 0 spiro atoms. The maximum atomic E-state index is 11.2. The lowest BCUT2D eigenvalue weighted by molar-refractivity contribution is 0.0600. The number of ether oxygens (including phenoxy) is 1. The first-order chi connectivity index (χ1) is 6.72. The number of carbonyl (C=O) groups is 1. The topological polar surface area (TPSA) is 43.6 Å². The van der Waals surface area contributed by atoms with Crippen LogP contribution < -0.4 is 0 Å². The Hall–Kier alpha value is -1.36. The van der Waals surface area contributed by atoms with Crippen molar-refractivity contribution in [1.29, 1.82) is 0 Å². The molecule has 0 N–H and O–H groups in total. The summed E-state index contributed by atoms with van der Waals surface area (Å²) in [6.07, 6.45) is 3.44. The Balaban J connectivity index is 2.57. The molecular formula is C9H7BrN2O2. The predicted octanol–water partition coefficient (Wildman–Crippen LogP) is 1.88. The fourth-order valence-electron chi connectivity index (χ4n) is 1.19. The van der Waals surface area contributed by atoms with E-state index in [2.05, 4.69) is 25.7 Å². The minimum atomic E-state index is -0.355. The highest BCUT2D eigenvalue weighted by Gasteiger charge is 2.07. The number of halogens is 1. The first-order valence-electron chi connectivity index (χ1n) is 3.93. The van der Waals surface area contributed by atoms with Crippen LogP contribution in [0.1, 0.15) is 10.4 Å². The molecule has 4 nitrogen and oxygen atoms in total. The second kappa shape index (κ2) is 3.42. The average molecular weight is 255 g/mol. The number of methoxy groups -OCH3 is 1. The minimum Gasteiger partial charge on any atom is -0.465 e. The van der Waals surface area contributed by atoms with E-state index in [-0.39, 0.29) is 5.97 Å². The van der Waals surface area contributed by atoms with Gasteiger partial charge in [0.2, 0.25) is 0 Å². The lowest BCUT2D eigenvalue weighted by atomic mass is 10.3. The smallest absolute Gasteiger partial charge is 0.338 e. The molecule has 0 amide bonds. The predicted molar refractivity (Wildman–Crippen MR) is 54.2 cm³/mol. The van der Waals surface area contributed by atoms with Crippen molar-refractivity contribution in [2.24, 2.45) is 0 Å². The summed E-state index contributed by atoms with van der Waals surface area (Å²) in [5.41, 5.74) is 1.21. The lowest BCUT2D eigenvalue weighted by Gasteiger charge is -1.99. The summed E-state index contributed by atoms with van der Waals surface area (Å²) in [5.74, 6) is -0.355. The van der Waals surface area contributed by atoms with Crippen LogP contribution in [0.4, 0.5) is 0 Å². The third kappa shape index (κ3) is 1.39. The van der Waals surface area contributed by atoms with Crippen LogP contribution in [0.15, 0.2) is 29.1 Å². The van der Waals surface area contributed by atoms with Gasteiger partial charge in [-0.1, -0.05) is 0 Å².